The van der Waals surface area contributed by atoms with Gasteiger partial charge in [0.1, 0.15) is 0 Å². The van der Waals surface area contributed by atoms with Crippen molar-refractivity contribution < 1.29 is 9.47 Å². The monoisotopic (exact) mass is 260 g/mol. The van der Waals surface area contributed by atoms with E-state index < -0.39 is 0 Å². The van der Waals surface area contributed by atoms with Gasteiger partial charge >= 0.3 is 0 Å². The molecule has 0 saturated carbocycles. The largest absolute Gasteiger partial charge is 0.382 e. The van der Waals surface area contributed by atoms with Crippen molar-refractivity contribution in [3.63, 3.8) is 0 Å². The van der Waals surface area contributed by atoms with Crippen LogP contribution in [-0.2, 0) is 9.47 Å². The first kappa shape index (κ1) is 17.8. The lowest BCUT2D eigenvalue weighted by Crippen LogP contribution is -2.45. The fraction of sp³-hybridized carbons (Fsp3) is 1.00. The van der Waals surface area contributed by atoms with Crippen LogP contribution >= 0.6 is 0 Å². The smallest absolute Gasteiger partial charge is 0.0933 e. The molecule has 1 atom stereocenters. The third-order valence-corrected chi connectivity index (χ3v) is 3.16. The molecule has 4 nitrogen and oxygen atoms in total. The quantitative estimate of drug-likeness (QED) is 0.647. The van der Waals surface area contributed by atoms with E-state index in [1.54, 1.807) is 7.11 Å². The highest BCUT2D eigenvalue weighted by molar-refractivity contribution is 4.77. The van der Waals surface area contributed by atoms with Crippen molar-refractivity contribution in [1.82, 2.24) is 10.2 Å². The molecule has 18 heavy (non-hydrogen) atoms. The van der Waals surface area contributed by atoms with E-state index in [2.05, 4.69) is 52.0 Å². The summed E-state index contributed by atoms with van der Waals surface area (Å²) >= 11 is 0. The summed E-state index contributed by atoms with van der Waals surface area (Å²) in [5.41, 5.74) is 0.0457. The van der Waals surface area contributed by atoms with Crippen LogP contribution in [0.3, 0.4) is 0 Å². The molecule has 0 heterocycles. The molecule has 0 aliphatic carbocycles. The molecule has 0 aromatic heterocycles. The number of nitrogens with one attached hydrogen (secondary N) is 1. The van der Waals surface area contributed by atoms with Crippen LogP contribution in [0.1, 0.15) is 27.7 Å². The van der Waals surface area contributed by atoms with Crippen LogP contribution in [0.5, 0.6) is 0 Å². The molecule has 0 spiro atoms. The summed E-state index contributed by atoms with van der Waals surface area (Å²) in [5, 5.41) is 3.42. The van der Waals surface area contributed by atoms with Crippen molar-refractivity contribution >= 4 is 0 Å². The topological polar surface area (TPSA) is 33.7 Å². The molecule has 0 radical (unpaired) electrons. The summed E-state index contributed by atoms with van der Waals surface area (Å²) in [7, 11) is 5.87. The van der Waals surface area contributed by atoms with Gasteiger partial charge in [-0.2, -0.15) is 0 Å². The lowest BCUT2D eigenvalue weighted by Gasteiger charge is -2.33. The molecule has 0 saturated heterocycles. The molecule has 0 bridgehead atoms. The van der Waals surface area contributed by atoms with E-state index in [4.69, 9.17) is 9.47 Å². The van der Waals surface area contributed by atoms with Gasteiger partial charge in [0.15, 0.2) is 0 Å². The third kappa shape index (κ3) is 8.03. The predicted octanol–water partition coefficient (Wildman–Crippen LogP) is 1.60. The standard InChI is InChI=1S/C14H32N2O2/c1-12(2)8-15-9-13(10-17-7)18-11-14(3,4)16(5)6/h12-13,15H,8-11H2,1-7H3. The average Bonchev–Trinajstić information content (AvgIpc) is 2.25. The summed E-state index contributed by atoms with van der Waals surface area (Å²) in [6.07, 6.45) is 0.118. The average molecular weight is 260 g/mol. The molecule has 4 heteroatoms. The van der Waals surface area contributed by atoms with E-state index in [0.717, 1.165) is 13.1 Å². The van der Waals surface area contributed by atoms with E-state index in [0.29, 0.717) is 19.1 Å². The Hall–Kier alpha value is -0.160. The maximum absolute atomic E-state index is 5.96. The molecule has 0 aromatic rings. The minimum atomic E-state index is 0.0457. The second-order valence-electron chi connectivity index (χ2n) is 6.15. The van der Waals surface area contributed by atoms with Gasteiger partial charge < -0.3 is 19.7 Å². The lowest BCUT2D eigenvalue weighted by molar-refractivity contribution is -0.0414. The Morgan fingerprint density at radius 3 is 2.22 bits per heavy atom. The minimum Gasteiger partial charge on any atom is -0.382 e. The number of methoxy groups -OCH3 is 1. The summed E-state index contributed by atoms with van der Waals surface area (Å²) < 4.78 is 11.2. The Bertz CT molecular complexity index is 206. The van der Waals surface area contributed by atoms with Gasteiger partial charge in [0.25, 0.3) is 0 Å². The highest BCUT2D eigenvalue weighted by Crippen LogP contribution is 2.11. The van der Waals surface area contributed by atoms with Gasteiger partial charge in [0.05, 0.1) is 19.3 Å². The Kier molecular flexibility index (Phi) is 8.78. The summed E-state index contributed by atoms with van der Waals surface area (Å²) in [5.74, 6) is 0.659. The first-order chi connectivity index (χ1) is 8.29. The Labute approximate surface area is 113 Å². The number of rotatable bonds is 10. The van der Waals surface area contributed by atoms with Crippen molar-refractivity contribution in [3.8, 4) is 0 Å². The van der Waals surface area contributed by atoms with Crippen molar-refractivity contribution in [1.29, 1.82) is 0 Å². The van der Waals surface area contributed by atoms with Gasteiger partial charge in [0, 0.05) is 19.2 Å². The molecule has 0 aromatic carbocycles. The Morgan fingerprint density at radius 2 is 1.78 bits per heavy atom. The molecule has 1 N–H and O–H groups in total. The summed E-state index contributed by atoms with van der Waals surface area (Å²) in [6, 6.07) is 0. The molecular formula is C14H32N2O2. The van der Waals surface area contributed by atoms with Crippen LogP contribution in [0, 0.1) is 5.92 Å². The number of ether oxygens (including phenoxy) is 2. The van der Waals surface area contributed by atoms with E-state index in [1.165, 1.54) is 0 Å². The fourth-order valence-corrected chi connectivity index (χ4v) is 1.34. The van der Waals surface area contributed by atoms with Crippen LogP contribution in [0.2, 0.25) is 0 Å². The van der Waals surface area contributed by atoms with Gasteiger partial charge in [-0.05, 0) is 40.4 Å². The van der Waals surface area contributed by atoms with Gasteiger partial charge in [-0.15, -0.1) is 0 Å². The molecule has 0 aliphatic rings. The molecule has 0 fully saturated rings. The molecule has 1 unspecified atom stereocenters. The molecule has 0 amide bonds. The van der Waals surface area contributed by atoms with Crippen LogP contribution in [0.25, 0.3) is 0 Å². The number of nitrogens with zero attached hydrogens (tertiary/aromatic N) is 1. The van der Waals surface area contributed by atoms with E-state index in [1.807, 2.05) is 0 Å². The van der Waals surface area contributed by atoms with Gasteiger partial charge in [-0.1, -0.05) is 13.8 Å². The maximum Gasteiger partial charge on any atom is 0.0933 e. The molecular weight excluding hydrogens is 228 g/mol. The number of hydrogen-bond donors (Lipinski definition) is 1. The zero-order valence-electron chi connectivity index (χ0n) is 13.2. The maximum atomic E-state index is 5.96. The van der Waals surface area contributed by atoms with Crippen molar-refractivity contribution in [3.05, 3.63) is 0 Å². The summed E-state index contributed by atoms with van der Waals surface area (Å²) in [4.78, 5) is 2.18. The first-order valence-corrected chi connectivity index (χ1v) is 6.78. The second kappa shape index (κ2) is 8.86. The van der Waals surface area contributed by atoms with E-state index in [-0.39, 0.29) is 11.6 Å². The lowest BCUT2D eigenvalue weighted by atomic mass is 10.1. The highest BCUT2D eigenvalue weighted by atomic mass is 16.5. The van der Waals surface area contributed by atoms with Gasteiger partial charge in [0.2, 0.25) is 0 Å². The van der Waals surface area contributed by atoms with Crippen molar-refractivity contribution in [2.75, 3.05) is 47.5 Å². The molecule has 110 valence electrons. The van der Waals surface area contributed by atoms with Gasteiger partial charge in [-0.3, -0.25) is 0 Å². The van der Waals surface area contributed by atoms with Gasteiger partial charge in [-0.25, -0.2) is 0 Å². The predicted molar refractivity (Wildman–Crippen MR) is 77.1 cm³/mol. The van der Waals surface area contributed by atoms with Crippen LogP contribution in [0.4, 0.5) is 0 Å². The highest BCUT2D eigenvalue weighted by Gasteiger charge is 2.22. The van der Waals surface area contributed by atoms with E-state index >= 15 is 0 Å². The zero-order valence-corrected chi connectivity index (χ0v) is 13.2. The SMILES string of the molecule is COCC(CNCC(C)C)OCC(C)(C)N(C)C. The third-order valence-electron chi connectivity index (χ3n) is 3.16. The molecule has 0 aliphatic heterocycles. The Balaban J connectivity index is 4.03. The number of likely N-dealkylation sites (N-methyl/N-ethyl adjacent to an activating group) is 1. The summed E-state index contributed by atoms with van der Waals surface area (Å²) in [6.45, 7) is 12.0. The van der Waals surface area contributed by atoms with Crippen molar-refractivity contribution in [2.24, 2.45) is 5.92 Å². The fourth-order valence-electron chi connectivity index (χ4n) is 1.34. The van der Waals surface area contributed by atoms with Crippen LogP contribution in [-0.4, -0.2) is 64.1 Å². The van der Waals surface area contributed by atoms with E-state index in [9.17, 15) is 0 Å². The molecule has 0 rings (SSSR count). The van der Waals surface area contributed by atoms with Crippen molar-refractivity contribution in [2.45, 2.75) is 39.3 Å². The Morgan fingerprint density at radius 1 is 1.17 bits per heavy atom. The first-order valence-electron chi connectivity index (χ1n) is 6.78. The zero-order chi connectivity index (χ0) is 14.2. The van der Waals surface area contributed by atoms with Crippen LogP contribution in [0.15, 0.2) is 0 Å². The minimum absolute atomic E-state index is 0.0457. The normalized spacial score (nSPS) is 14.5. The second-order valence-corrected chi connectivity index (χ2v) is 6.15. The van der Waals surface area contributed by atoms with Crippen LogP contribution < -0.4 is 5.32 Å². The number of hydrogen-bond acceptors (Lipinski definition) is 4.